The maximum Gasteiger partial charge on any atom is 0.0511 e. The molecule has 0 unspecified atom stereocenters. The molecule has 0 spiro atoms. The van der Waals surface area contributed by atoms with E-state index >= 15 is 0 Å². The van der Waals surface area contributed by atoms with Crippen LogP contribution in [0.5, 0.6) is 0 Å². The summed E-state index contributed by atoms with van der Waals surface area (Å²) in [5.74, 6) is 0. The van der Waals surface area contributed by atoms with Gasteiger partial charge in [-0.2, -0.15) is 0 Å². The molecule has 0 aliphatic rings. The van der Waals surface area contributed by atoms with Crippen molar-refractivity contribution in [2.45, 2.75) is 6.54 Å². The Morgan fingerprint density at radius 1 is 1.00 bits per heavy atom. The minimum atomic E-state index is 0.374. The van der Waals surface area contributed by atoms with Crippen molar-refractivity contribution in [3.63, 3.8) is 0 Å². The summed E-state index contributed by atoms with van der Waals surface area (Å²) in [6.07, 6.45) is 7.97. The first-order valence-electron chi connectivity index (χ1n) is 6.58. The molecule has 2 aromatic carbocycles. The van der Waals surface area contributed by atoms with Gasteiger partial charge in [-0.25, -0.2) is 0 Å². The topological polar surface area (TPSA) is 74.8 Å². The van der Waals surface area contributed by atoms with E-state index < -0.39 is 0 Å². The second kappa shape index (κ2) is 7.58. The number of hydrogen-bond acceptors (Lipinski definition) is 2. The van der Waals surface area contributed by atoms with Gasteiger partial charge in [0.15, 0.2) is 0 Å². The van der Waals surface area contributed by atoms with Crippen molar-refractivity contribution in [2.75, 3.05) is 5.73 Å². The Kier molecular flexibility index (Phi) is 5.21. The molecule has 2 aromatic rings. The van der Waals surface area contributed by atoms with Gasteiger partial charge in [-0.1, -0.05) is 65.8 Å². The lowest BCUT2D eigenvalue weighted by atomic mass is 10.1. The van der Waals surface area contributed by atoms with Crippen molar-refractivity contribution in [1.29, 1.82) is 0 Å². The lowest BCUT2D eigenvalue weighted by molar-refractivity contribution is 1.05. The van der Waals surface area contributed by atoms with Crippen LogP contribution in [0.4, 0.5) is 5.69 Å². The van der Waals surface area contributed by atoms with Crippen molar-refractivity contribution < 1.29 is 0 Å². The summed E-state index contributed by atoms with van der Waals surface area (Å²) in [5.41, 5.74) is 17.9. The summed E-state index contributed by atoms with van der Waals surface area (Å²) in [4.78, 5) is 2.76. The van der Waals surface area contributed by atoms with Crippen LogP contribution in [-0.2, 0) is 6.54 Å². The highest BCUT2D eigenvalue weighted by Gasteiger charge is 1.91. The second-order valence-electron chi connectivity index (χ2n) is 4.52. The minimum Gasteiger partial charge on any atom is -0.399 e. The Hall–Kier alpha value is -2.97. The summed E-state index contributed by atoms with van der Waals surface area (Å²) in [7, 11) is 0. The first-order valence-corrected chi connectivity index (χ1v) is 6.58. The number of nitrogen functional groups attached to an aromatic ring is 1. The Labute approximate surface area is 123 Å². The third-order valence-electron chi connectivity index (χ3n) is 2.89. The maximum atomic E-state index is 8.32. The molecule has 0 fully saturated rings. The Balaban J connectivity index is 2.00. The van der Waals surface area contributed by atoms with E-state index in [4.69, 9.17) is 11.3 Å². The predicted molar refractivity (Wildman–Crippen MR) is 88.2 cm³/mol. The van der Waals surface area contributed by atoms with Crippen LogP contribution in [0.2, 0.25) is 0 Å². The number of allylic oxidation sites excluding steroid dienone is 2. The third-order valence-corrected chi connectivity index (χ3v) is 2.89. The largest absolute Gasteiger partial charge is 0.399 e. The molecule has 0 aromatic heterocycles. The molecular formula is C17H16N4. The minimum absolute atomic E-state index is 0.374. The van der Waals surface area contributed by atoms with Gasteiger partial charge >= 0.3 is 0 Å². The first kappa shape index (κ1) is 14.4. The van der Waals surface area contributed by atoms with Crippen molar-refractivity contribution in [3.8, 4) is 0 Å². The van der Waals surface area contributed by atoms with Gasteiger partial charge in [-0.3, -0.25) is 0 Å². The van der Waals surface area contributed by atoms with E-state index in [-0.39, 0.29) is 0 Å². The highest BCUT2D eigenvalue weighted by atomic mass is 15.1. The van der Waals surface area contributed by atoms with Crippen LogP contribution >= 0.6 is 0 Å². The molecule has 4 heteroatoms. The van der Waals surface area contributed by atoms with E-state index in [2.05, 4.69) is 10.0 Å². The van der Waals surface area contributed by atoms with Gasteiger partial charge in [-0.05, 0) is 34.4 Å². The zero-order chi connectivity index (χ0) is 14.9. The molecule has 0 saturated heterocycles. The lowest BCUT2D eigenvalue weighted by Gasteiger charge is -1.97. The van der Waals surface area contributed by atoms with Crippen LogP contribution in [0, 0.1) is 0 Å². The average Bonchev–Trinajstić information content (AvgIpc) is 2.52. The van der Waals surface area contributed by atoms with E-state index in [1.165, 1.54) is 0 Å². The fraction of sp³-hybridized carbons (Fsp3) is 0.0588. The number of rotatable bonds is 5. The summed E-state index contributed by atoms with van der Waals surface area (Å²) in [6.45, 7) is 0.374. The van der Waals surface area contributed by atoms with Gasteiger partial charge in [0.1, 0.15) is 0 Å². The molecular weight excluding hydrogens is 260 g/mol. The van der Waals surface area contributed by atoms with Gasteiger partial charge < -0.3 is 5.73 Å². The van der Waals surface area contributed by atoms with Crippen LogP contribution in [0.1, 0.15) is 16.7 Å². The monoisotopic (exact) mass is 276 g/mol. The Morgan fingerprint density at radius 3 is 2.43 bits per heavy atom. The number of nitrogens with two attached hydrogens (primary N) is 1. The molecule has 0 atom stereocenters. The first-order chi connectivity index (χ1) is 10.3. The third kappa shape index (κ3) is 4.90. The quantitative estimate of drug-likeness (QED) is 0.275. The zero-order valence-corrected chi connectivity index (χ0v) is 11.6. The van der Waals surface area contributed by atoms with Crippen LogP contribution in [0.3, 0.4) is 0 Å². The number of hydrogen-bond donors (Lipinski definition) is 1. The van der Waals surface area contributed by atoms with Crippen molar-refractivity contribution in [2.24, 2.45) is 5.11 Å². The van der Waals surface area contributed by atoms with E-state index in [9.17, 15) is 0 Å². The number of anilines is 1. The fourth-order valence-electron chi connectivity index (χ4n) is 1.85. The highest BCUT2D eigenvalue weighted by Crippen LogP contribution is 2.10. The predicted octanol–water partition coefficient (Wildman–Crippen LogP) is 4.81. The highest BCUT2D eigenvalue weighted by molar-refractivity contribution is 5.58. The van der Waals surface area contributed by atoms with Crippen molar-refractivity contribution in [3.05, 3.63) is 87.8 Å². The van der Waals surface area contributed by atoms with Gasteiger partial charge in [-0.15, -0.1) is 0 Å². The van der Waals surface area contributed by atoms with E-state index in [1.54, 1.807) is 0 Å². The second-order valence-corrected chi connectivity index (χ2v) is 4.52. The lowest BCUT2D eigenvalue weighted by Crippen LogP contribution is -1.82. The van der Waals surface area contributed by atoms with Crippen LogP contribution in [0.25, 0.3) is 22.6 Å². The standard InChI is InChI=1S/C17H16N4/c18-17-10-8-14(9-11-17)4-1-2-5-15-6-3-7-16(12-15)13-20-21-19/h1-12H,13,18H2/b4-1+,5-2+. The van der Waals surface area contributed by atoms with E-state index in [0.717, 1.165) is 22.4 Å². The van der Waals surface area contributed by atoms with E-state index in [0.29, 0.717) is 6.54 Å². The van der Waals surface area contributed by atoms with Gasteiger partial charge in [0.05, 0.1) is 6.54 Å². The fourth-order valence-corrected chi connectivity index (χ4v) is 1.85. The molecule has 0 aliphatic heterocycles. The molecule has 0 saturated carbocycles. The van der Waals surface area contributed by atoms with Crippen LogP contribution < -0.4 is 5.73 Å². The maximum absolute atomic E-state index is 8.32. The van der Waals surface area contributed by atoms with Crippen molar-refractivity contribution >= 4 is 17.8 Å². The van der Waals surface area contributed by atoms with Gasteiger partial charge in [0, 0.05) is 10.6 Å². The summed E-state index contributed by atoms with van der Waals surface area (Å²) in [5, 5.41) is 3.56. The molecule has 21 heavy (non-hydrogen) atoms. The number of azide groups is 1. The van der Waals surface area contributed by atoms with Crippen LogP contribution in [-0.4, -0.2) is 0 Å². The summed E-state index contributed by atoms with van der Waals surface area (Å²) >= 11 is 0. The normalized spacial score (nSPS) is 10.9. The Morgan fingerprint density at radius 2 is 1.71 bits per heavy atom. The molecule has 0 aliphatic carbocycles. The SMILES string of the molecule is [N-]=[N+]=NCc1cccc(/C=C/C=C/c2ccc(N)cc2)c1. The molecule has 2 rings (SSSR count). The van der Waals surface area contributed by atoms with Gasteiger partial charge in [0.25, 0.3) is 0 Å². The van der Waals surface area contributed by atoms with Crippen molar-refractivity contribution in [1.82, 2.24) is 0 Å². The Bertz CT molecular complexity index is 693. The molecule has 4 nitrogen and oxygen atoms in total. The molecule has 0 radical (unpaired) electrons. The zero-order valence-electron chi connectivity index (χ0n) is 11.6. The van der Waals surface area contributed by atoms with E-state index in [1.807, 2.05) is 72.8 Å². The molecule has 0 heterocycles. The smallest absolute Gasteiger partial charge is 0.0511 e. The number of benzene rings is 2. The average molecular weight is 276 g/mol. The van der Waals surface area contributed by atoms with Gasteiger partial charge in [0.2, 0.25) is 0 Å². The number of nitrogens with zero attached hydrogens (tertiary/aromatic N) is 3. The molecule has 0 bridgehead atoms. The summed E-state index contributed by atoms with van der Waals surface area (Å²) < 4.78 is 0. The molecule has 104 valence electrons. The summed E-state index contributed by atoms with van der Waals surface area (Å²) in [6, 6.07) is 15.6. The molecule has 0 amide bonds. The molecule has 2 N–H and O–H groups in total. The van der Waals surface area contributed by atoms with Crippen LogP contribution in [0.15, 0.2) is 65.8 Å².